The van der Waals surface area contributed by atoms with Crippen molar-refractivity contribution in [1.82, 2.24) is 15.5 Å². The second-order valence-electron chi connectivity index (χ2n) is 5.91. The quantitative estimate of drug-likeness (QED) is 0.708. The Morgan fingerprint density at radius 3 is 2.68 bits per heavy atom. The van der Waals surface area contributed by atoms with Crippen LogP contribution in [0, 0.1) is 5.92 Å². The summed E-state index contributed by atoms with van der Waals surface area (Å²) in [6, 6.07) is -0.446. The minimum absolute atomic E-state index is 0.123. The fourth-order valence-electron chi connectivity index (χ4n) is 3.16. The van der Waals surface area contributed by atoms with Crippen molar-refractivity contribution in [2.45, 2.75) is 44.1 Å². The molecular formula is C13H19N3O3. The zero-order valence-electron chi connectivity index (χ0n) is 10.9. The van der Waals surface area contributed by atoms with Crippen molar-refractivity contribution in [3.63, 3.8) is 0 Å². The Morgan fingerprint density at radius 1 is 1.32 bits per heavy atom. The highest BCUT2D eigenvalue weighted by Gasteiger charge is 2.49. The maximum Gasteiger partial charge on any atom is 0.322 e. The molecule has 2 N–H and O–H groups in total. The Hall–Kier alpha value is -1.59. The maximum absolute atomic E-state index is 12.2. The zero-order valence-corrected chi connectivity index (χ0v) is 10.9. The summed E-state index contributed by atoms with van der Waals surface area (Å²) in [4.78, 5) is 37.1. The minimum Gasteiger partial charge on any atom is -0.340 e. The van der Waals surface area contributed by atoms with Gasteiger partial charge in [-0.2, -0.15) is 0 Å². The van der Waals surface area contributed by atoms with Gasteiger partial charge in [-0.05, 0) is 31.6 Å². The van der Waals surface area contributed by atoms with Gasteiger partial charge in [0.25, 0.3) is 5.91 Å². The molecule has 0 aromatic carbocycles. The van der Waals surface area contributed by atoms with E-state index in [1.54, 1.807) is 4.90 Å². The van der Waals surface area contributed by atoms with Crippen molar-refractivity contribution in [1.29, 1.82) is 0 Å². The zero-order chi connectivity index (χ0) is 13.5. The van der Waals surface area contributed by atoms with E-state index in [2.05, 4.69) is 10.6 Å². The van der Waals surface area contributed by atoms with Crippen LogP contribution in [0.15, 0.2) is 0 Å². The average molecular weight is 265 g/mol. The lowest BCUT2D eigenvalue weighted by atomic mass is 9.82. The number of imide groups is 1. The van der Waals surface area contributed by atoms with Gasteiger partial charge in [0.1, 0.15) is 5.54 Å². The fourth-order valence-corrected chi connectivity index (χ4v) is 3.16. The van der Waals surface area contributed by atoms with Crippen LogP contribution in [0.5, 0.6) is 0 Å². The molecule has 4 amide bonds. The van der Waals surface area contributed by atoms with Gasteiger partial charge in [-0.15, -0.1) is 0 Å². The molecule has 2 saturated heterocycles. The number of hydrogen-bond donors (Lipinski definition) is 2. The molecule has 0 radical (unpaired) electrons. The van der Waals surface area contributed by atoms with Crippen LogP contribution in [0.25, 0.3) is 0 Å². The molecule has 19 heavy (non-hydrogen) atoms. The maximum atomic E-state index is 12.2. The van der Waals surface area contributed by atoms with E-state index in [4.69, 9.17) is 0 Å². The largest absolute Gasteiger partial charge is 0.340 e. The van der Waals surface area contributed by atoms with E-state index in [0.717, 1.165) is 19.3 Å². The van der Waals surface area contributed by atoms with Crippen LogP contribution in [-0.2, 0) is 9.59 Å². The normalized spacial score (nSPS) is 31.1. The van der Waals surface area contributed by atoms with Gasteiger partial charge in [0.05, 0.1) is 6.54 Å². The highest BCUT2D eigenvalue weighted by Crippen LogP contribution is 2.31. The molecule has 104 valence electrons. The van der Waals surface area contributed by atoms with Crippen molar-refractivity contribution < 1.29 is 14.4 Å². The van der Waals surface area contributed by atoms with Gasteiger partial charge in [0.15, 0.2) is 0 Å². The number of piperidine rings is 1. The van der Waals surface area contributed by atoms with Gasteiger partial charge in [-0.3, -0.25) is 14.9 Å². The highest BCUT2D eigenvalue weighted by atomic mass is 16.2. The van der Waals surface area contributed by atoms with Gasteiger partial charge in [0.2, 0.25) is 5.91 Å². The van der Waals surface area contributed by atoms with Gasteiger partial charge in [-0.25, -0.2) is 4.79 Å². The Morgan fingerprint density at radius 2 is 2.11 bits per heavy atom. The van der Waals surface area contributed by atoms with Crippen molar-refractivity contribution >= 4 is 17.8 Å². The molecule has 3 aliphatic rings. The van der Waals surface area contributed by atoms with Gasteiger partial charge in [0, 0.05) is 13.0 Å². The van der Waals surface area contributed by atoms with E-state index in [1.165, 1.54) is 6.42 Å². The van der Waals surface area contributed by atoms with E-state index < -0.39 is 11.6 Å². The van der Waals surface area contributed by atoms with E-state index >= 15 is 0 Å². The Kier molecular flexibility index (Phi) is 2.95. The lowest BCUT2D eigenvalue weighted by Crippen LogP contribution is -2.59. The SMILES string of the molecule is O=C1NC(=O)C2(CCCN(C(=O)CC3CCC3)C2)N1. The molecule has 1 unspecified atom stereocenters. The molecule has 1 spiro atoms. The predicted octanol–water partition coefficient (Wildman–Crippen LogP) is 0.377. The summed E-state index contributed by atoms with van der Waals surface area (Å²) in [7, 11) is 0. The van der Waals surface area contributed by atoms with Crippen molar-refractivity contribution in [2.75, 3.05) is 13.1 Å². The number of carbonyl (C=O) groups excluding carboxylic acids is 3. The number of nitrogens with zero attached hydrogens (tertiary/aromatic N) is 1. The molecule has 6 nitrogen and oxygen atoms in total. The second-order valence-corrected chi connectivity index (χ2v) is 5.91. The molecule has 3 rings (SSSR count). The monoisotopic (exact) mass is 265 g/mol. The molecular weight excluding hydrogens is 246 g/mol. The molecule has 1 saturated carbocycles. The van der Waals surface area contributed by atoms with E-state index in [1.807, 2.05) is 0 Å². The van der Waals surface area contributed by atoms with Crippen molar-refractivity contribution in [2.24, 2.45) is 5.92 Å². The number of carbonyl (C=O) groups is 3. The minimum atomic E-state index is -0.884. The van der Waals surface area contributed by atoms with Crippen LogP contribution >= 0.6 is 0 Å². The van der Waals surface area contributed by atoms with Crippen molar-refractivity contribution in [3.8, 4) is 0 Å². The molecule has 0 aromatic heterocycles. The fraction of sp³-hybridized carbons (Fsp3) is 0.769. The van der Waals surface area contributed by atoms with Crippen LogP contribution in [0.3, 0.4) is 0 Å². The highest BCUT2D eigenvalue weighted by molar-refractivity contribution is 6.07. The summed E-state index contributed by atoms with van der Waals surface area (Å²) < 4.78 is 0. The third-order valence-corrected chi connectivity index (χ3v) is 4.55. The first kappa shape index (κ1) is 12.4. The number of urea groups is 1. The molecule has 0 aromatic rings. The van der Waals surface area contributed by atoms with Crippen molar-refractivity contribution in [3.05, 3.63) is 0 Å². The van der Waals surface area contributed by atoms with Crippen LogP contribution in [0.4, 0.5) is 4.79 Å². The Bertz CT molecular complexity index is 433. The van der Waals surface area contributed by atoms with Gasteiger partial charge >= 0.3 is 6.03 Å². The average Bonchev–Trinajstić information content (AvgIpc) is 2.58. The van der Waals surface area contributed by atoms with Crippen LogP contribution in [0.2, 0.25) is 0 Å². The van der Waals surface area contributed by atoms with Crippen LogP contribution in [0.1, 0.15) is 38.5 Å². The standard InChI is InChI=1S/C13H19N3O3/c17-10(7-9-3-1-4-9)16-6-2-5-13(8-16)11(18)14-12(19)15-13/h9H,1-8H2,(H2,14,15,18,19). The summed E-state index contributed by atoms with van der Waals surface area (Å²) in [6.07, 6.45) is 5.46. The first-order valence-corrected chi connectivity index (χ1v) is 7.00. The molecule has 1 atom stereocenters. The lowest BCUT2D eigenvalue weighted by Gasteiger charge is -2.39. The first-order valence-electron chi connectivity index (χ1n) is 7.00. The first-order chi connectivity index (χ1) is 9.09. The number of rotatable bonds is 2. The summed E-state index contributed by atoms with van der Waals surface area (Å²) in [5.74, 6) is 0.355. The number of likely N-dealkylation sites (tertiary alicyclic amines) is 1. The van der Waals surface area contributed by atoms with E-state index in [-0.39, 0.29) is 11.8 Å². The van der Waals surface area contributed by atoms with E-state index in [9.17, 15) is 14.4 Å². The summed E-state index contributed by atoms with van der Waals surface area (Å²) in [5.41, 5.74) is -0.884. The third kappa shape index (κ3) is 2.19. The Balaban J connectivity index is 1.65. The molecule has 2 heterocycles. The summed E-state index contributed by atoms with van der Waals surface area (Å²) in [6.45, 7) is 1.01. The molecule has 2 aliphatic heterocycles. The summed E-state index contributed by atoms with van der Waals surface area (Å²) in [5, 5.41) is 4.96. The second kappa shape index (κ2) is 4.51. The molecule has 0 bridgehead atoms. The molecule has 6 heteroatoms. The van der Waals surface area contributed by atoms with E-state index in [0.29, 0.717) is 31.8 Å². The smallest absolute Gasteiger partial charge is 0.322 e. The third-order valence-electron chi connectivity index (χ3n) is 4.55. The summed E-state index contributed by atoms with van der Waals surface area (Å²) >= 11 is 0. The molecule has 1 aliphatic carbocycles. The van der Waals surface area contributed by atoms with Gasteiger partial charge < -0.3 is 10.2 Å². The lowest BCUT2D eigenvalue weighted by molar-refractivity contribution is -0.137. The van der Waals surface area contributed by atoms with Crippen LogP contribution < -0.4 is 10.6 Å². The van der Waals surface area contributed by atoms with Crippen LogP contribution in [-0.4, -0.2) is 41.4 Å². The predicted molar refractivity (Wildman–Crippen MR) is 67.2 cm³/mol. The molecule has 3 fully saturated rings. The Labute approximate surface area is 111 Å². The number of amides is 4. The van der Waals surface area contributed by atoms with Gasteiger partial charge in [-0.1, -0.05) is 6.42 Å². The topological polar surface area (TPSA) is 78.5 Å². The number of hydrogen-bond acceptors (Lipinski definition) is 3. The number of nitrogens with one attached hydrogen (secondary N) is 2.